The molecule has 0 saturated carbocycles. The van der Waals surface area contributed by atoms with Crippen molar-refractivity contribution < 1.29 is 14.3 Å². The fraction of sp³-hybridized carbons (Fsp3) is 0.333. The van der Waals surface area contributed by atoms with Crippen molar-refractivity contribution in [3.05, 3.63) is 28.2 Å². The van der Waals surface area contributed by atoms with Crippen LogP contribution in [0.5, 0.6) is 0 Å². The summed E-state index contributed by atoms with van der Waals surface area (Å²) in [5, 5.41) is 2.68. The van der Waals surface area contributed by atoms with Crippen molar-refractivity contribution in [1.82, 2.24) is 10.2 Å². The molecule has 1 fully saturated rings. The van der Waals surface area contributed by atoms with E-state index in [0.717, 1.165) is 4.47 Å². The predicted octanol–water partition coefficient (Wildman–Crippen LogP) is 1.21. The molecule has 3 N–H and O–H groups in total. The summed E-state index contributed by atoms with van der Waals surface area (Å²) in [4.78, 5) is 24.6. The quantitative estimate of drug-likeness (QED) is 0.643. The van der Waals surface area contributed by atoms with Crippen molar-refractivity contribution in [2.24, 2.45) is 0 Å². The normalized spacial score (nSPS) is 14.4. The van der Waals surface area contributed by atoms with Crippen LogP contribution in [0.2, 0.25) is 0 Å². The first-order valence-corrected chi connectivity index (χ1v) is 6.62. The number of rotatable bonds is 4. The van der Waals surface area contributed by atoms with Crippen molar-refractivity contribution in [2.75, 3.05) is 32.0 Å². The van der Waals surface area contributed by atoms with Gasteiger partial charge in [0, 0.05) is 23.2 Å². The van der Waals surface area contributed by atoms with Gasteiger partial charge >= 0.3 is 12.0 Å². The van der Waals surface area contributed by atoms with Crippen LogP contribution < -0.4 is 11.1 Å². The van der Waals surface area contributed by atoms with Crippen LogP contribution in [-0.4, -0.2) is 43.1 Å². The smallest absolute Gasteiger partial charge is 0.338 e. The highest BCUT2D eigenvalue weighted by molar-refractivity contribution is 9.10. The van der Waals surface area contributed by atoms with Gasteiger partial charge in [-0.2, -0.15) is 0 Å². The van der Waals surface area contributed by atoms with Crippen molar-refractivity contribution in [2.45, 2.75) is 0 Å². The maximum absolute atomic E-state index is 11.8. The number of nitrogens with two attached hydrogens (primary N) is 1. The first kappa shape index (κ1) is 13.7. The minimum absolute atomic E-state index is 0.121. The lowest BCUT2D eigenvalue weighted by Crippen LogP contribution is -2.31. The van der Waals surface area contributed by atoms with Gasteiger partial charge in [0.25, 0.3) is 0 Å². The van der Waals surface area contributed by atoms with E-state index in [1.807, 2.05) is 0 Å². The highest BCUT2D eigenvalue weighted by atomic mass is 79.9. The summed E-state index contributed by atoms with van der Waals surface area (Å²) < 4.78 is 5.84. The second-order valence-electron chi connectivity index (χ2n) is 4.09. The van der Waals surface area contributed by atoms with Gasteiger partial charge in [0.2, 0.25) is 0 Å². The average molecular weight is 328 g/mol. The zero-order valence-corrected chi connectivity index (χ0v) is 11.8. The number of halogens is 1. The Labute approximate surface area is 119 Å². The zero-order valence-electron chi connectivity index (χ0n) is 10.2. The highest BCUT2D eigenvalue weighted by Gasteiger charge is 2.19. The number of hydrogen-bond donors (Lipinski definition) is 2. The number of esters is 1. The molecule has 0 aliphatic carbocycles. The summed E-state index contributed by atoms with van der Waals surface area (Å²) in [6.45, 7) is 1.84. The van der Waals surface area contributed by atoms with Gasteiger partial charge in [-0.15, -0.1) is 0 Å². The third-order valence-corrected chi connectivity index (χ3v) is 3.49. The topological polar surface area (TPSA) is 84.7 Å². The van der Waals surface area contributed by atoms with Gasteiger partial charge in [-0.05, 0) is 34.1 Å². The van der Waals surface area contributed by atoms with Gasteiger partial charge in [0.15, 0.2) is 0 Å². The Hall–Kier alpha value is -1.76. The van der Waals surface area contributed by atoms with Crippen LogP contribution >= 0.6 is 15.9 Å². The maximum Gasteiger partial charge on any atom is 0.338 e. The zero-order chi connectivity index (χ0) is 13.8. The number of nitrogen functional groups attached to an aromatic ring is 1. The lowest BCUT2D eigenvalue weighted by molar-refractivity contribution is 0.0481. The van der Waals surface area contributed by atoms with Crippen LogP contribution in [0.4, 0.5) is 10.5 Å². The van der Waals surface area contributed by atoms with Crippen molar-refractivity contribution in [3.63, 3.8) is 0 Å². The van der Waals surface area contributed by atoms with Crippen molar-refractivity contribution in [3.8, 4) is 0 Å². The molecule has 1 heterocycles. The molecule has 19 heavy (non-hydrogen) atoms. The van der Waals surface area contributed by atoms with Gasteiger partial charge in [0.05, 0.1) is 12.1 Å². The molecule has 0 radical (unpaired) electrons. The van der Waals surface area contributed by atoms with E-state index in [0.29, 0.717) is 30.9 Å². The van der Waals surface area contributed by atoms with Crippen LogP contribution in [0.1, 0.15) is 10.4 Å². The number of nitrogens with zero attached hydrogens (tertiary/aromatic N) is 1. The van der Waals surface area contributed by atoms with Gasteiger partial charge in [-0.25, -0.2) is 9.59 Å². The van der Waals surface area contributed by atoms with Crippen LogP contribution in [-0.2, 0) is 4.74 Å². The van der Waals surface area contributed by atoms with Crippen LogP contribution in [0.25, 0.3) is 0 Å². The molecule has 102 valence electrons. The summed E-state index contributed by atoms with van der Waals surface area (Å²) in [6, 6.07) is 4.75. The SMILES string of the molecule is Nc1cc(C(=O)OCCN2CCNC2=O)ccc1Br. The molecule has 1 saturated heterocycles. The monoisotopic (exact) mass is 327 g/mol. The van der Waals surface area contributed by atoms with Gasteiger partial charge in [-0.1, -0.05) is 0 Å². The van der Waals surface area contributed by atoms with Crippen molar-refractivity contribution >= 4 is 33.6 Å². The molecule has 2 rings (SSSR count). The number of carbonyl (C=O) groups excluding carboxylic acids is 2. The Morgan fingerprint density at radius 1 is 1.53 bits per heavy atom. The fourth-order valence-corrected chi connectivity index (χ4v) is 1.97. The third-order valence-electron chi connectivity index (χ3n) is 2.77. The van der Waals surface area contributed by atoms with Gasteiger partial charge in [-0.3, -0.25) is 0 Å². The van der Waals surface area contributed by atoms with E-state index in [-0.39, 0.29) is 12.6 Å². The predicted molar refractivity (Wildman–Crippen MR) is 73.8 cm³/mol. The summed E-state index contributed by atoms with van der Waals surface area (Å²) in [5.41, 5.74) is 6.56. The molecule has 0 unspecified atom stereocenters. The van der Waals surface area contributed by atoms with E-state index in [4.69, 9.17) is 10.5 Å². The molecule has 6 nitrogen and oxygen atoms in total. The average Bonchev–Trinajstić information content (AvgIpc) is 2.78. The highest BCUT2D eigenvalue weighted by Crippen LogP contribution is 2.20. The Balaban J connectivity index is 1.84. The minimum atomic E-state index is -0.446. The first-order chi connectivity index (χ1) is 9.08. The molecule has 1 aliphatic rings. The molecule has 1 aromatic rings. The van der Waals surface area contributed by atoms with Gasteiger partial charge < -0.3 is 20.7 Å². The van der Waals surface area contributed by atoms with E-state index in [1.165, 1.54) is 0 Å². The number of nitrogens with one attached hydrogen (secondary N) is 1. The van der Waals surface area contributed by atoms with E-state index in [9.17, 15) is 9.59 Å². The second-order valence-corrected chi connectivity index (χ2v) is 4.95. The summed E-state index contributed by atoms with van der Waals surface area (Å²) in [5.74, 6) is -0.446. The Morgan fingerprint density at radius 3 is 2.95 bits per heavy atom. The van der Waals surface area contributed by atoms with Crippen LogP contribution in [0.15, 0.2) is 22.7 Å². The fourth-order valence-electron chi connectivity index (χ4n) is 1.73. The van der Waals surface area contributed by atoms with E-state index < -0.39 is 5.97 Å². The lowest BCUT2D eigenvalue weighted by atomic mass is 10.2. The number of anilines is 1. The molecule has 1 aromatic carbocycles. The molecule has 0 aromatic heterocycles. The largest absolute Gasteiger partial charge is 0.460 e. The molecule has 2 amide bonds. The van der Waals surface area contributed by atoms with Crippen molar-refractivity contribution in [1.29, 1.82) is 0 Å². The van der Waals surface area contributed by atoms with E-state index in [1.54, 1.807) is 23.1 Å². The maximum atomic E-state index is 11.8. The number of ether oxygens (including phenoxy) is 1. The van der Waals surface area contributed by atoms with E-state index in [2.05, 4.69) is 21.2 Å². The Morgan fingerprint density at radius 2 is 2.32 bits per heavy atom. The third kappa shape index (κ3) is 3.37. The first-order valence-electron chi connectivity index (χ1n) is 5.83. The lowest BCUT2D eigenvalue weighted by Gasteiger charge is -2.13. The number of urea groups is 1. The van der Waals surface area contributed by atoms with Crippen LogP contribution in [0.3, 0.4) is 0 Å². The van der Waals surface area contributed by atoms with Gasteiger partial charge in [0.1, 0.15) is 6.61 Å². The molecule has 0 bridgehead atoms. The second kappa shape index (κ2) is 5.92. The van der Waals surface area contributed by atoms with Crippen LogP contribution in [0, 0.1) is 0 Å². The molecule has 0 atom stereocenters. The molecule has 1 aliphatic heterocycles. The molecule has 0 spiro atoms. The summed E-state index contributed by atoms with van der Waals surface area (Å²) in [7, 11) is 0. The molecular formula is C12H14BrN3O3. The number of hydrogen-bond acceptors (Lipinski definition) is 4. The number of amides is 2. The number of benzene rings is 1. The number of carbonyl (C=O) groups is 2. The molecule has 7 heteroatoms. The summed E-state index contributed by atoms with van der Waals surface area (Å²) in [6.07, 6.45) is 0. The standard InChI is InChI=1S/C12H14BrN3O3/c13-9-2-1-8(7-10(9)14)11(17)19-6-5-16-4-3-15-12(16)18/h1-2,7H,3-6,14H2,(H,15,18). The Kier molecular flexibility index (Phi) is 4.26. The Bertz CT molecular complexity index is 507. The summed E-state index contributed by atoms with van der Waals surface area (Å²) >= 11 is 3.25. The van der Waals surface area contributed by atoms with E-state index >= 15 is 0 Å². The molecular weight excluding hydrogens is 314 g/mol. The minimum Gasteiger partial charge on any atom is -0.460 e.